The zero-order valence-electron chi connectivity index (χ0n) is 14.5. The van der Waals surface area contributed by atoms with Gasteiger partial charge in [-0.3, -0.25) is 10.1 Å². The Hall–Kier alpha value is -2.55. The van der Waals surface area contributed by atoms with E-state index in [9.17, 15) is 9.59 Å². The molecule has 9 heteroatoms. The maximum absolute atomic E-state index is 12.0. The Morgan fingerprint density at radius 1 is 1.24 bits per heavy atom. The van der Waals surface area contributed by atoms with Gasteiger partial charge in [-0.25, -0.2) is 4.79 Å². The third-order valence-corrected chi connectivity index (χ3v) is 4.52. The van der Waals surface area contributed by atoms with Crippen LogP contribution in [0.3, 0.4) is 0 Å². The van der Waals surface area contributed by atoms with Gasteiger partial charge in [0.1, 0.15) is 5.75 Å². The Morgan fingerprint density at radius 2 is 1.92 bits per heavy atom. The van der Waals surface area contributed by atoms with Gasteiger partial charge in [-0.05, 0) is 38.1 Å². The highest BCUT2D eigenvalue weighted by atomic mass is 32.2. The molecule has 0 spiro atoms. The lowest BCUT2D eigenvalue weighted by Crippen LogP contribution is -2.36. The van der Waals surface area contributed by atoms with Gasteiger partial charge >= 0.3 is 6.09 Å². The topological polar surface area (TPSA) is 95.3 Å². The minimum Gasteiger partial charge on any atom is -0.497 e. The lowest BCUT2D eigenvalue weighted by atomic mass is 10.2. The predicted octanol–water partition coefficient (Wildman–Crippen LogP) is 2.34. The summed E-state index contributed by atoms with van der Waals surface area (Å²) < 4.78 is 11.5. The predicted molar refractivity (Wildman–Crippen MR) is 93.6 cm³/mol. The van der Waals surface area contributed by atoms with E-state index in [0.717, 1.165) is 11.3 Å². The number of hydrogen-bond donors (Lipinski definition) is 1. The van der Waals surface area contributed by atoms with E-state index in [4.69, 9.17) is 4.74 Å². The van der Waals surface area contributed by atoms with Crippen molar-refractivity contribution in [2.24, 2.45) is 0 Å². The summed E-state index contributed by atoms with van der Waals surface area (Å²) in [6.07, 6.45) is -0.784. The van der Waals surface area contributed by atoms with Gasteiger partial charge in [0.15, 0.2) is 11.0 Å². The monoisotopic (exact) mass is 364 g/mol. The van der Waals surface area contributed by atoms with Crippen LogP contribution in [-0.4, -0.2) is 46.2 Å². The molecule has 0 fully saturated rings. The van der Waals surface area contributed by atoms with Crippen LogP contribution in [0.1, 0.15) is 13.8 Å². The SMILES string of the molecule is CCn1c(S[C@@H](C)C(=O)NC(=O)OC)nnc1-c1ccc(OC)cc1. The average Bonchev–Trinajstić information content (AvgIpc) is 3.03. The van der Waals surface area contributed by atoms with E-state index in [1.807, 2.05) is 35.8 Å². The molecule has 25 heavy (non-hydrogen) atoms. The number of imide groups is 1. The third kappa shape index (κ3) is 4.50. The number of ether oxygens (including phenoxy) is 2. The fourth-order valence-corrected chi connectivity index (χ4v) is 2.99. The number of benzene rings is 1. The normalized spacial score (nSPS) is 11.7. The Kier molecular flexibility index (Phi) is 6.40. The number of carbonyl (C=O) groups is 2. The molecule has 1 N–H and O–H groups in total. The van der Waals surface area contributed by atoms with Crippen molar-refractivity contribution in [1.29, 1.82) is 0 Å². The molecular formula is C16H20N4O4S. The lowest BCUT2D eigenvalue weighted by molar-refractivity contribution is -0.119. The number of amides is 2. The van der Waals surface area contributed by atoms with Gasteiger partial charge in [0.2, 0.25) is 5.91 Å². The number of aromatic nitrogens is 3. The number of hydrogen-bond acceptors (Lipinski definition) is 7. The maximum Gasteiger partial charge on any atom is 0.413 e. The minimum absolute atomic E-state index is 0.450. The molecule has 0 saturated carbocycles. The van der Waals surface area contributed by atoms with Gasteiger partial charge in [-0.15, -0.1) is 10.2 Å². The molecule has 0 aliphatic heterocycles. The number of alkyl carbamates (subject to hydrolysis) is 1. The minimum atomic E-state index is -0.784. The van der Waals surface area contributed by atoms with Crippen LogP contribution in [0.4, 0.5) is 4.79 Å². The second-order valence-corrected chi connectivity index (χ2v) is 6.33. The molecule has 2 rings (SSSR count). The molecule has 1 aromatic heterocycles. The van der Waals surface area contributed by atoms with E-state index in [1.165, 1.54) is 18.9 Å². The van der Waals surface area contributed by atoms with E-state index in [-0.39, 0.29) is 0 Å². The zero-order chi connectivity index (χ0) is 18.4. The van der Waals surface area contributed by atoms with E-state index < -0.39 is 17.3 Å². The van der Waals surface area contributed by atoms with Crippen molar-refractivity contribution < 1.29 is 19.1 Å². The van der Waals surface area contributed by atoms with Crippen LogP contribution in [0.2, 0.25) is 0 Å². The first-order chi connectivity index (χ1) is 12.0. The molecule has 8 nitrogen and oxygen atoms in total. The van der Waals surface area contributed by atoms with Crippen molar-refractivity contribution >= 4 is 23.8 Å². The Bertz CT molecular complexity index is 745. The van der Waals surface area contributed by atoms with Crippen molar-refractivity contribution in [2.75, 3.05) is 14.2 Å². The van der Waals surface area contributed by atoms with Crippen molar-refractivity contribution in [1.82, 2.24) is 20.1 Å². The lowest BCUT2D eigenvalue weighted by Gasteiger charge is -2.11. The third-order valence-electron chi connectivity index (χ3n) is 3.44. The number of methoxy groups -OCH3 is 2. The Balaban J connectivity index is 2.18. The average molecular weight is 364 g/mol. The van der Waals surface area contributed by atoms with Gasteiger partial charge < -0.3 is 14.0 Å². The van der Waals surface area contributed by atoms with Crippen LogP contribution in [0, 0.1) is 0 Å². The zero-order valence-corrected chi connectivity index (χ0v) is 15.3. The fraction of sp³-hybridized carbons (Fsp3) is 0.375. The van der Waals surface area contributed by atoms with Crippen LogP contribution in [0.15, 0.2) is 29.4 Å². The van der Waals surface area contributed by atoms with Gasteiger partial charge in [0.05, 0.1) is 19.5 Å². The number of rotatable bonds is 6. The summed E-state index contributed by atoms with van der Waals surface area (Å²) in [5, 5.41) is 10.6. The molecule has 0 aliphatic rings. The molecule has 2 aromatic rings. The Morgan fingerprint density at radius 3 is 2.48 bits per heavy atom. The number of carbonyl (C=O) groups excluding carboxylic acids is 2. The molecule has 0 unspecified atom stereocenters. The van der Waals surface area contributed by atoms with Crippen LogP contribution < -0.4 is 10.1 Å². The number of thioether (sulfide) groups is 1. The largest absolute Gasteiger partial charge is 0.497 e. The summed E-state index contributed by atoms with van der Waals surface area (Å²) in [6.45, 7) is 4.30. The number of nitrogens with one attached hydrogen (secondary N) is 1. The highest BCUT2D eigenvalue weighted by Gasteiger charge is 2.21. The highest BCUT2D eigenvalue weighted by molar-refractivity contribution is 8.00. The summed E-state index contributed by atoms with van der Waals surface area (Å²) in [5.41, 5.74) is 0.897. The molecule has 0 radical (unpaired) electrons. The van der Waals surface area contributed by atoms with Crippen LogP contribution in [0.25, 0.3) is 11.4 Å². The second kappa shape index (κ2) is 8.52. The van der Waals surface area contributed by atoms with Crippen LogP contribution >= 0.6 is 11.8 Å². The van der Waals surface area contributed by atoms with Gasteiger partial charge in [-0.1, -0.05) is 11.8 Å². The summed E-state index contributed by atoms with van der Waals surface area (Å²) in [6, 6.07) is 7.50. The molecule has 134 valence electrons. The molecule has 1 heterocycles. The summed E-state index contributed by atoms with van der Waals surface area (Å²) >= 11 is 1.22. The molecule has 1 atom stereocenters. The standard InChI is InChI=1S/C16H20N4O4S/c1-5-20-13(11-6-8-12(23-3)9-7-11)18-19-15(20)25-10(2)14(21)17-16(22)24-4/h6-10H,5H2,1-4H3,(H,17,21,22)/t10-/m0/s1. The highest BCUT2D eigenvalue weighted by Crippen LogP contribution is 2.27. The molecule has 2 amide bonds. The molecular weight excluding hydrogens is 344 g/mol. The van der Waals surface area contributed by atoms with Gasteiger partial charge in [0, 0.05) is 12.1 Å². The summed E-state index contributed by atoms with van der Waals surface area (Å²) in [4.78, 5) is 23.1. The maximum atomic E-state index is 12.0. The van der Waals surface area contributed by atoms with Crippen molar-refractivity contribution in [3.05, 3.63) is 24.3 Å². The first kappa shape index (κ1) is 18.8. The van der Waals surface area contributed by atoms with E-state index in [2.05, 4.69) is 20.3 Å². The van der Waals surface area contributed by atoms with E-state index >= 15 is 0 Å². The molecule has 1 aromatic carbocycles. The van der Waals surface area contributed by atoms with Crippen molar-refractivity contribution in [3.63, 3.8) is 0 Å². The van der Waals surface area contributed by atoms with Gasteiger partial charge in [-0.2, -0.15) is 0 Å². The quantitative estimate of drug-likeness (QED) is 0.786. The van der Waals surface area contributed by atoms with E-state index in [0.29, 0.717) is 17.5 Å². The summed E-state index contributed by atoms with van der Waals surface area (Å²) in [5.74, 6) is 1.01. The van der Waals surface area contributed by atoms with Gasteiger partial charge in [0.25, 0.3) is 0 Å². The number of nitrogens with zero attached hydrogens (tertiary/aromatic N) is 3. The smallest absolute Gasteiger partial charge is 0.413 e. The van der Waals surface area contributed by atoms with Crippen LogP contribution in [0.5, 0.6) is 5.75 Å². The first-order valence-electron chi connectivity index (χ1n) is 7.63. The van der Waals surface area contributed by atoms with Crippen molar-refractivity contribution in [3.8, 4) is 17.1 Å². The molecule has 0 saturated heterocycles. The summed E-state index contributed by atoms with van der Waals surface area (Å²) in [7, 11) is 2.81. The van der Waals surface area contributed by atoms with Crippen LogP contribution in [-0.2, 0) is 16.1 Å². The molecule has 0 bridgehead atoms. The Labute approximate surface area is 149 Å². The van der Waals surface area contributed by atoms with Crippen molar-refractivity contribution in [2.45, 2.75) is 30.8 Å². The van der Waals surface area contributed by atoms with E-state index in [1.54, 1.807) is 14.0 Å². The molecule has 0 aliphatic carbocycles. The fourth-order valence-electron chi connectivity index (χ4n) is 2.08. The second-order valence-electron chi connectivity index (χ2n) is 5.02. The first-order valence-corrected chi connectivity index (χ1v) is 8.51.